The van der Waals surface area contributed by atoms with E-state index in [2.05, 4.69) is 0 Å². The van der Waals surface area contributed by atoms with Crippen molar-refractivity contribution in [2.24, 2.45) is 0 Å². The summed E-state index contributed by atoms with van der Waals surface area (Å²) in [6, 6.07) is 0. The van der Waals surface area contributed by atoms with Gasteiger partial charge in [-0.05, 0) is 0 Å². The van der Waals surface area contributed by atoms with E-state index in [1.54, 1.807) is 27.7 Å². The molecule has 0 saturated carbocycles. The van der Waals surface area contributed by atoms with E-state index in [1.807, 2.05) is 0 Å². The van der Waals surface area contributed by atoms with E-state index in [0.29, 0.717) is 0 Å². The van der Waals surface area contributed by atoms with Gasteiger partial charge in [0, 0.05) is 0 Å². The average molecular weight is 412 g/mol. The molecule has 0 aromatic rings. The van der Waals surface area contributed by atoms with E-state index in [1.165, 1.54) is 28.4 Å². The monoisotopic (exact) mass is 412 g/mol. The Morgan fingerprint density at radius 1 is 0.440 bits per heavy atom. The van der Waals surface area contributed by atoms with E-state index >= 15 is 0 Å². The Bertz CT molecular complexity index is 261. The van der Waals surface area contributed by atoms with Gasteiger partial charge < -0.3 is 0 Å². The fourth-order valence-corrected chi connectivity index (χ4v) is 2.59. The first-order valence-electron chi connectivity index (χ1n) is 7.31. The van der Waals surface area contributed by atoms with Crippen LogP contribution in [0.4, 0.5) is 0 Å². The topological polar surface area (TPSA) is 111 Å². The third-order valence-corrected chi connectivity index (χ3v) is 4.35. The van der Waals surface area contributed by atoms with Crippen molar-refractivity contribution in [1.82, 2.24) is 0 Å². The van der Waals surface area contributed by atoms with Crippen LogP contribution in [0.25, 0.3) is 0 Å². The second kappa shape index (κ2) is 14.3. The summed E-state index contributed by atoms with van der Waals surface area (Å²) in [4.78, 5) is 19.9. The van der Waals surface area contributed by atoms with Gasteiger partial charge in [0.05, 0.1) is 0 Å². The fraction of sp³-hybridized carbons (Fsp3) is 1.00. The SMILES string of the molecule is COC(C)O[O][Ti]([O]OC(C)OC)([O]OC(C)OC)[O]OC(C)OC. The van der Waals surface area contributed by atoms with Crippen molar-refractivity contribution in [2.45, 2.75) is 52.9 Å². The van der Waals surface area contributed by atoms with Crippen molar-refractivity contribution >= 4 is 0 Å². The normalized spacial score (nSPS) is 19.2. The number of hydrogen-bond acceptors (Lipinski definition) is 12. The van der Waals surface area contributed by atoms with Crippen LogP contribution in [0.1, 0.15) is 27.7 Å². The molecule has 0 aromatic carbocycles. The molecular weight excluding hydrogens is 384 g/mol. The van der Waals surface area contributed by atoms with Crippen molar-refractivity contribution in [3.63, 3.8) is 0 Å². The average Bonchev–Trinajstić information content (AvgIpc) is 2.65. The summed E-state index contributed by atoms with van der Waals surface area (Å²) in [6.45, 7) is 6.23. The van der Waals surface area contributed by atoms with Crippen molar-refractivity contribution < 1.29 is 70.5 Å². The van der Waals surface area contributed by atoms with E-state index in [4.69, 9.17) is 52.4 Å². The fourth-order valence-electron chi connectivity index (χ4n) is 0.747. The van der Waals surface area contributed by atoms with Crippen molar-refractivity contribution in [2.75, 3.05) is 28.4 Å². The molecule has 25 heavy (non-hydrogen) atoms. The Hall–Kier alpha value is 0.234. The number of ether oxygens (including phenoxy) is 4. The molecule has 0 aromatic heterocycles. The Kier molecular flexibility index (Phi) is 14.4. The summed E-state index contributed by atoms with van der Waals surface area (Å²) in [6.07, 6.45) is -3.11. The quantitative estimate of drug-likeness (QED) is 0.159. The first kappa shape index (κ1) is 25.2. The Balaban J connectivity index is 5.11. The second-order valence-corrected chi connectivity index (χ2v) is 7.03. The predicted octanol–water partition coefficient (Wildman–Crippen LogP) is 1.56. The summed E-state index contributed by atoms with van der Waals surface area (Å²) in [5.41, 5.74) is 0. The molecule has 0 aliphatic rings. The van der Waals surface area contributed by atoms with Crippen LogP contribution >= 0.6 is 0 Å². The van der Waals surface area contributed by atoms with Gasteiger partial charge in [-0.1, -0.05) is 0 Å². The molecular formula is C12H28O12Ti. The van der Waals surface area contributed by atoms with E-state index < -0.39 is 43.3 Å². The first-order valence-corrected chi connectivity index (χ1v) is 9.86. The maximum absolute atomic E-state index is 5.12. The van der Waals surface area contributed by atoms with Crippen LogP contribution in [0.5, 0.6) is 0 Å². The van der Waals surface area contributed by atoms with Gasteiger partial charge in [-0.2, -0.15) is 0 Å². The molecule has 12 nitrogen and oxygen atoms in total. The van der Waals surface area contributed by atoms with Crippen molar-refractivity contribution in [1.29, 1.82) is 0 Å². The summed E-state index contributed by atoms with van der Waals surface area (Å²) in [7, 11) is 5.62. The summed E-state index contributed by atoms with van der Waals surface area (Å²) in [5.74, 6) is 0. The third kappa shape index (κ3) is 11.5. The van der Waals surface area contributed by atoms with E-state index in [9.17, 15) is 0 Å². The zero-order valence-corrected chi connectivity index (χ0v) is 17.3. The molecule has 0 spiro atoms. The molecule has 0 aliphatic carbocycles. The molecule has 4 unspecified atom stereocenters. The summed E-state index contributed by atoms with van der Waals surface area (Å²) >= 11 is -4.93. The summed E-state index contributed by atoms with van der Waals surface area (Å²) in [5, 5.41) is 0. The van der Waals surface area contributed by atoms with Crippen LogP contribution in [0.2, 0.25) is 0 Å². The molecule has 152 valence electrons. The van der Waals surface area contributed by atoms with Gasteiger partial charge in [0.25, 0.3) is 0 Å². The van der Waals surface area contributed by atoms with Crippen LogP contribution in [-0.4, -0.2) is 53.6 Å². The summed E-state index contributed by atoms with van der Waals surface area (Å²) < 4.78 is 40.1. The number of methoxy groups -OCH3 is 4. The molecule has 0 aliphatic heterocycles. The second-order valence-electron chi connectivity index (χ2n) is 4.43. The van der Waals surface area contributed by atoms with Gasteiger partial charge in [-0.3, -0.25) is 0 Å². The van der Waals surface area contributed by atoms with Crippen molar-refractivity contribution in [3.8, 4) is 0 Å². The van der Waals surface area contributed by atoms with Crippen LogP contribution in [0, 0.1) is 0 Å². The number of hydrogen-bond donors (Lipinski definition) is 0. The molecule has 0 heterocycles. The van der Waals surface area contributed by atoms with Gasteiger partial charge in [-0.15, -0.1) is 0 Å². The maximum atomic E-state index is 5.12. The van der Waals surface area contributed by atoms with Crippen LogP contribution in [0.3, 0.4) is 0 Å². The zero-order valence-electron chi connectivity index (χ0n) is 15.7. The van der Waals surface area contributed by atoms with Crippen LogP contribution in [-0.2, 0) is 70.5 Å². The minimum atomic E-state index is -4.93. The Morgan fingerprint density at radius 3 is 0.800 bits per heavy atom. The molecule has 0 N–H and O–H groups in total. The molecule has 0 saturated heterocycles. The first-order chi connectivity index (χ1) is 11.8. The minimum absolute atomic E-state index is 0.777. The molecule has 0 rings (SSSR count). The molecule has 4 atom stereocenters. The van der Waals surface area contributed by atoms with E-state index in [0.717, 1.165) is 0 Å². The van der Waals surface area contributed by atoms with Gasteiger partial charge in [0.2, 0.25) is 0 Å². The van der Waals surface area contributed by atoms with Crippen LogP contribution < -0.4 is 0 Å². The standard InChI is InChI=1S/4C3H8O3.Ti/c4*1-3(5-2)6-4;/h4*3-4H,1-2H3;/q;;;;+4/p-4. The van der Waals surface area contributed by atoms with Gasteiger partial charge in [0.15, 0.2) is 0 Å². The molecule has 13 heteroatoms. The van der Waals surface area contributed by atoms with Gasteiger partial charge >= 0.3 is 152 Å². The number of rotatable bonds is 16. The van der Waals surface area contributed by atoms with Crippen molar-refractivity contribution in [3.05, 3.63) is 0 Å². The van der Waals surface area contributed by atoms with Crippen LogP contribution in [0.15, 0.2) is 0 Å². The third-order valence-electron chi connectivity index (χ3n) is 2.47. The molecule has 0 fully saturated rings. The molecule has 0 radical (unpaired) electrons. The van der Waals surface area contributed by atoms with E-state index in [-0.39, 0.29) is 0 Å². The molecule has 0 bridgehead atoms. The Morgan fingerprint density at radius 2 is 0.640 bits per heavy atom. The Labute approximate surface area is 152 Å². The predicted molar refractivity (Wildman–Crippen MR) is 74.6 cm³/mol. The molecule has 0 amide bonds. The van der Waals surface area contributed by atoms with Gasteiger partial charge in [0.1, 0.15) is 0 Å². The van der Waals surface area contributed by atoms with Gasteiger partial charge in [-0.25, -0.2) is 0 Å². The zero-order chi connectivity index (χ0) is 19.3.